The number of H-pyrrole nitrogens is 1. The Kier molecular flexibility index (Phi) is 4.35. The number of nitrogens with one attached hydrogen (secondary N) is 2. The molecule has 7 heteroatoms. The molecule has 1 amide bonds. The number of anilines is 1. The number of amides is 1. The van der Waals surface area contributed by atoms with Crippen molar-refractivity contribution in [3.05, 3.63) is 40.9 Å². The zero-order chi connectivity index (χ0) is 13.7. The highest BCUT2D eigenvalue weighted by Crippen LogP contribution is 2.17. The van der Waals surface area contributed by atoms with Crippen LogP contribution in [0.15, 0.2) is 24.5 Å². The fraction of sp³-hybridized carbons (Fsp3) is 0.250. The topological polar surface area (TPSA) is 96.7 Å². The van der Waals surface area contributed by atoms with Crippen LogP contribution in [0.25, 0.3) is 0 Å². The molecule has 100 valence electrons. The first kappa shape index (κ1) is 13.4. The van der Waals surface area contributed by atoms with E-state index in [4.69, 9.17) is 17.3 Å². The first-order valence-corrected chi connectivity index (χ1v) is 6.22. The molecular formula is C12H14ClN5O. The zero-order valence-electron chi connectivity index (χ0n) is 10.2. The Morgan fingerprint density at radius 1 is 1.47 bits per heavy atom. The number of hydrogen-bond donors (Lipinski definition) is 3. The first-order chi connectivity index (χ1) is 9.16. The van der Waals surface area contributed by atoms with Crippen molar-refractivity contribution in [1.29, 1.82) is 0 Å². The van der Waals surface area contributed by atoms with Crippen LogP contribution in [0, 0.1) is 0 Å². The molecule has 0 unspecified atom stereocenters. The quantitative estimate of drug-likeness (QED) is 0.569. The summed E-state index contributed by atoms with van der Waals surface area (Å²) in [6.07, 6.45) is 2.95. The predicted octanol–water partition coefficient (Wildman–Crippen LogP) is 1.40. The van der Waals surface area contributed by atoms with Crippen LogP contribution < -0.4 is 11.1 Å². The van der Waals surface area contributed by atoms with Crippen molar-refractivity contribution >= 4 is 23.2 Å². The summed E-state index contributed by atoms with van der Waals surface area (Å²) >= 11 is 5.83. The third kappa shape index (κ3) is 3.69. The van der Waals surface area contributed by atoms with E-state index in [1.54, 1.807) is 18.2 Å². The summed E-state index contributed by atoms with van der Waals surface area (Å²) < 4.78 is 0. The minimum absolute atomic E-state index is 0.224. The lowest BCUT2D eigenvalue weighted by atomic mass is 10.1. The van der Waals surface area contributed by atoms with E-state index in [9.17, 15) is 4.79 Å². The molecule has 6 nitrogen and oxygen atoms in total. The Morgan fingerprint density at radius 2 is 2.32 bits per heavy atom. The van der Waals surface area contributed by atoms with E-state index in [1.807, 2.05) is 0 Å². The molecule has 1 aromatic heterocycles. The van der Waals surface area contributed by atoms with Crippen LogP contribution in [0.1, 0.15) is 22.6 Å². The molecule has 0 saturated heterocycles. The standard InChI is InChI=1S/C12H14ClN5O/c13-8-3-4-10(14)9(6-8)12(19)15-5-1-2-11-16-7-17-18-11/h3-4,6-7H,1-2,5,14H2,(H,15,19)(H,16,17,18). The summed E-state index contributed by atoms with van der Waals surface area (Å²) in [6.45, 7) is 0.533. The van der Waals surface area contributed by atoms with Crippen molar-refractivity contribution < 1.29 is 4.79 Å². The van der Waals surface area contributed by atoms with Crippen LogP contribution in [-0.2, 0) is 6.42 Å². The van der Waals surface area contributed by atoms with Crippen LogP contribution in [0.4, 0.5) is 5.69 Å². The Labute approximate surface area is 115 Å². The summed E-state index contributed by atoms with van der Waals surface area (Å²) in [5.74, 6) is 0.578. The van der Waals surface area contributed by atoms with Gasteiger partial charge in [0.25, 0.3) is 5.91 Å². The van der Waals surface area contributed by atoms with Gasteiger partial charge in [-0.25, -0.2) is 4.98 Å². The van der Waals surface area contributed by atoms with Crippen molar-refractivity contribution in [2.24, 2.45) is 0 Å². The average molecular weight is 280 g/mol. The fourth-order valence-corrected chi connectivity index (χ4v) is 1.80. The minimum Gasteiger partial charge on any atom is -0.398 e. The first-order valence-electron chi connectivity index (χ1n) is 5.84. The molecule has 0 saturated carbocycles. The SMILES string of the molecule is Nc1ccc(Cl)cc1C(=O)NCCCc1ncn[nH]1. The molecular weight excluding hydrogens is 266 g/mol. The van der Waals surface area contributed by atoms with Crippen LogP contribution in [0.3, 0.4) is 0 Å². The van der Waals surface area contributed by atoms with Gasteiger partial charge in [0.15, 0.2) is 0 Å². The highest BCUT2D eigenvalue weighted by molar-refractivity contribution is 6.31. The summed E-state index contributed by atoms with van der Waals surface area (Å²) in [5.41, 5.74) is 6.54. The van der Waals surface area contributed by atoms with E-state index in [-0.39, 0.29) is 5.91 Å². The molecule has 0 aliphatic heterocycles. The highest BCUT2D eigenvalue weighted by Gasteiger charge is 2.09. The van der Waals surface area contributed by atoms with Crippen LogP contribution in [0.5, 0.6) is 0 Å². The lowest BCUT2D eigenvalue weighted by molar-refractivity contribution is 0.0954. The number of hydrogen-bond acceptors (Lipinski definition) is 4. The summed E-state index contributed by atoms with van der Waals surface area (Å²) in [6, 6.07) is 4.83. The summed E-state index contributed by atoms with van der Waals surface area (Å²) in [4.78, 5) is 15.9. The van der Waals surface area contributed by atoms with E-state index in [1.165, 1.54) is 6.33 Å². The summed E-state index contributed by atoms with van der Waals surface area (Å²) in [5, 5.41) is 9.79. The van der Waals surface area contributed by atoms with Crippen LogP contribution in [0.2, 0.25) is 5.02 Å². The van der Waals surface area contributed by atoms with Gasteiger partial charge < -0.3 is 11.1 Å². The molecule has 1 heterocycles. The molecule has 0 aliphatic carbocycles. The Hall–Kier alpha value is -2.08. The van der Waals surface area contributed by atoms with Gasteiger partial charge in [0.2, 0.25) is 0 Å². The van der Waals surface area contributed by atoms with Gasteiger partial charge in [0, 0.05) is 23.7 Å². The lowest BCUT2D eigenvalue weighted by Gasteiger charge is -2.07. The number of rotatable bonds is 5. The maximum absolute atomic E-state index is 11.9. The lowest BCUT2D eigenvalue weighted by Crippen LogP contribution is -2.25. The van der Waals surface area contributed by atoms with Crippen LogP contribution >= 0.6 is 11.6 Å². The molecule has 2 aromatic rings. The number of nitrogen functional groups attached to an aromatic ring is 1. The van der Waals surface area contributed by atoms with E-state index < -0.39 is 0 Å². The van der Waals surface area contributed by atoms with Gasteiger partial charge in [0.1, 0.15) is 12.2 Å². The third-order valence-corrected chi connectivity index (χ3v) is 2.84. The van der Waals surface area contributed by atoms with Crippen LogP contribution in [-0.4, -0.2) is 27.6 Å². The molecule has 0 radical (unpaired) electrons. The van der Waals surface area contributed by atoms with Crippen molar-refractivity contribution in [3.8, 4) is 0 Å². The molecule has 1 aromatic carbocycles. The summed E-state index contributed by atoms with van der Waals surface area (Å²) in [7, 11) is 0. The third-order valence-electron chi connectivity index (χ3n) is 2.60. The molecule has 19 heavy (non-hydrogen) atoms. The van der Waals surface area contributed by atoms with E-state index in [0.29, 0.717) is 22.8 Å². The molecule has 0 aliphatic rings. The number of halogens is 1. The smallest absolute Gasteiger partial charge is 0.253 e. The predicted molar refractivity (Wildman–Crippen MR) is 72.9 cm³/mol. The van der Waals surface area contributed by atoms with Gasteiger partial charge in [-0.1, -0.05) is 11.6 Å². The monoisotopic (exact) mass is 279 g/mol. The maximum atomic E-state index is 11.9. The van der Waals surface area contributed by atoms with Crippen molar-refractivity contribution in [3.63, 3.8) is 0 Å². The normalized spacial score (nSPS) is 10.4. The second-order valence-corrected chi connectivity index (χ2v) is 4.46. The number of nitrogens with two attached hydrogens (primary N) is 1. The molecule has 0 bridgehead atoms. The molecule has 0 spiro atoms. The van der Waals surface area contributed by atoms with Gasteiger partial charge in [-0.2, -0.15) is 5.10 Å². The number of carbonyl (C=O) groups is 1. The van der Waals surface area contributed by atoms with Gasteiger partial charge in [-0.15, -0.1) is 0 Å². The molecule has 2 rings (SSSR count). The number of aromatic amines is 1. The molecule has 4 N–H and O–H groups in total. The zero-order valence-corrected chi connectivity index (χ0v) is 10.9. The van der Waals surface area contributed by atoms with Gasteiger partial charge in [-0.05, 0) is 24.6 Å². The highest BCUT2D eigenvalue weighted by atomic mass is 35.5. The van der Waals surface area contributed by atoms with E-state index in [2.05, 4.69) is 20.5 Å². The number of carbonyl (C=O) groups excluding carboxylic acids is 1. The number of aryl methyl sites for hydroxylation is 1. The van der Waals surface area contributed by atoms with E-state index in [0.717, 1.165) is 18.7 Å². The molecule has 0 atom stereocenters. The van der Waals surface area contributed by atoms with Gasteiger partial charge >= 0.3 is 0 Å². The Balaban J connectivity index is 1.82. The maximum Gasteiger partial charge on any atom is 0.253 e. The second kappa shape index (κ2) is 6.19. The largest absolute Gasteiger partial charge is 0.398 e. The molecule has 0 fully saturated rings. The second-order valence-electron chi connectivity index (χ2n) is 4.02. The fourth-order valence-electron chi connectivity index (χ4n) is 1.63. The van der Waals surface area contributed by atoms with Crippen molar-refractivity contribution in [1.82, 2.24) is 20.5 Å². The number of aromatic nitrogens is 3. The Bertz CT molecular complexity index is 555. The average Bonchev–Trinajstić information content (AvgIpc) is 2.90. The van der Waals surface area contributed by atoms with E-state index >= 15 is 0 Å². The minimum atomic E-state index is -0.224. The van der Waals surface area contributed by atoms with Crippen molar-refractivity contribution in [2.45, 2.75) is 12.8 Å². The van der Waals surface area contributed by atoms with Gasteiger partial charge in [-0.3, -0.25) is 9.89 Å². The number of benzene rings is 1. The number of nitrogens with zero attached hydrogens (tertiary/aromatic N) is 2. The Morgan fingerprint density at radius 3 is 3.05 bits per heavy atom. The van der Waals surface area contributed by atoms with Gasteiger partial charge in [0.05, 0.1) is 5.56 Å². The van der Waals surface area contributed by atoms with Crippen molar-refractivity contribution in [2.75, 3.05) is 12.3 Å².